The molecule has 0 radical (unpaired) electrons. The van der Waals surface area contributed by atoms with Crippen LogP contribution in [0.25, 0.3) is 0 Å². The maximum Gasteiger partial charge on any atom is 0.248 e. The molecule has 1 rings (SSSR count). The number of nitrogens with one attached hydrogen (secondary N) is 1. The predicted molar refractivity (Wildman–Crippen MR) is 173 cm³/mol. The first-order chi connectivity index (χ1) is 24.4. The van der Waals surface area contributed by atoms with Gasteiger partial charge in [0, 0.05) is 25.7 Å². The monoisotopic (exact) mass is 779 g/mol. The molecule has 0 atom stereocenters. The van der Waals surface area contributed by atoms with Crippen molar-refractivity contribution in [1.82, 2.24) is 10.4 Å². The SMILES string of the molecule is NC(=O)CCCC(=O)NN1C(=O)CCC1=O.OCC(O)CO.OCC(O)CO.OCC(O)CO.OCC(O)CO.OCC(O)CO.OCC(O)CO. The van der Waals surface area contributed by atoms with Crippen LogP contribution < -0.4 is 11.2 Å². The van der Waals surface area contributed by atoms with Crippen LogP contribution in [-0.4, -0.2) is 236 Å². The summed E-state index contributed by atoms with van der Waals surface area (Å²) in [5.41, 5.74) is 7.09. The van der Waals surface area contributed by atoms with Crippen molar-refractivity contribution in [2.24, 2.45) is 5.73 Å². The number of carbonyl (C=O) groups is 4. The summed E-state index contributed by atoms with van der Waals surface area (Å²) in [6.45, 7) is -4.37. The van der Waals surface area contributed by atoms with Crippen molar-refractivity contribution in [3.05, 3.63) is 0 Å². The predicted octanol–water partition coefficient (Wildman–Crippen LogP) is -11.2. The van der Waals surface area contributed by atoms with Crippen LogP contribution in [0.15, 0.2) is 0 Å². The molecule has 21 N–H and O–H groups in total. The maximum atomic E-state index is 11.3. The first-order valence-electron chi connectivity index (χ1n) is 15.2. The number of nitrogens with two attached hydrogens (primary N) is 1. The summed E-state index contributed by atoms with van der Waals surface area (Å²) in [7, 11) is 0. The summed E-state index contributed by atoms with van der Waals surface area (Å²) in [4.78, 5) is 43.9. The second kappa shape index (κ2) is 46.4. The third-order valence-corrected chi connectivity index (χ3v) is 4.64. The van der Waals surface area contributed by atoms with Gasteiger partial charge < -0.3 is 97.7 Å². The minimum Gasteiger partial charge on any atom is -0.394 e. The number of rotatable bonds is 17. The Bertz CT molecular complexity index is 685. The number of imide groups is 1. The highest BCUT2D eigenvalue weighted by atomic mass is 16.4. The van der Waals surface area contributed by atoms with Crippen molar-refractivity contribution in [3.8, 4) is 0 Å². The fraction of sp³-hybridized carbons (Fsp3) is 0.852. The lowest BCUT2D eigenvalue weighted by molar-refractivity contribution is -0.147. The van der Waals surface area contributed by atoms with E-state index in [4.69, 9.17) is 97.7 Å². The van der Waals surface area contributed by atoms with Crippen LogP contribution in [0.2, 0.25) is 0 Å². The topological polar surface area (TPSA) is 474 Å². The third kappa shape index (κ3) is 51.7. The molecule has 0 saturated carbocycles. The van der Waals surface area contributed by atoms with Gasteiger partial charge in [0.1, 0.15) is 36.6 Å². The molecule has 1 aliphatic rings. The summed E-state index contributed by atoms with van der Waals surface area (Å²) in [5.74, 6) is -1.77. The van der Waals surface area contributed by atoms with E-state index in [0.717, 1.165) is 5.01 Å². The molecule has 1 aliphatic heterocycles. The lowest BCUT2D eigenvalue weighted by atomic mass is 10.2. The van der Waals surface area contributed by atoms with Crippen molar-refractivity contribution in [2.75, 3.05) is 79.3 Å². The highest BCUT2D eigenvalue weighted by Crippen LogP contribution is 2.09. The van der Waals surface area contributed by atoms with Crippen LogP contribution in [0.1, 0.15) is 32.1 Å². The van der Waals surface area contributed by atoms with Gasteiger partial charge in [0.25, 0.3) is 0 Å². The summed E-state index contributed by atoms with van der Waals surface area (Å²) < 4.78 is 0. The molecule has 4 amide bonds. The number of aliphatic hydroxyl groups is 18. The quantitative estimate of drug-likeness (QED) is 0.0609. The Kier molecular flexibility index (Phi) is 54.8. The highest BCUT2D eigenvalue weighted by Gasteiger charge is 2.30. The van der Waals surface area contributed by atoms with E-state index in [1.807, 2.05) is 0 Å². The van der Waals surface area contributed by atoms with Crippen molar-refractivity contribution in [2.45, 2.75) is 68.7 Å². The van der Waals surface area contributed by atoms with E-state index in [9.17, 15) is 19.2 Å². The van der Waals surface area contributed by atoms with Crippen LogP contribution >= 0.6 is 0 Å². The van der Waals surface area contributed by atoms with Gasteiger partial charge in [0.05, 0.1) is 79.3 Å². The van der Waals surface area contributed by atoms with Crippen LogP contribution in [0, 0.1) is 0 Å². The minimum atomic E-state index is -0.954. The summed E-state index contributed by atoms with van der Waals surface area (Å²) >= 11 is 0. The van der Waals surface area contributed by atoms with E-state index in [-0.39, 0.29) is 105 Å². The van der Waals surface area contributed by atoms with Gasteiger partial charge in [0.2, 0.25) is 23.6 Å². The number of hydrogen-bond acceptors (Lipinski definition) is 22. The third-order valence-electron chi connectivity index (χ3n) is 4.64. The van der Waals surface area contributed by atoms with Gasteiger partial charge in [-0.05, 0) is 6.42 Å². The Hall–Kier alpha value is -2.64. The molecule has 0 aromatic carbocycles. The molecule has 0 aromatic heterocycles. The second-order valence-electron chi connectivity index (χ2n) is 9.59. The Balaban J connectivity index is -0.000000126. The van der Waals surface area contributed by atoms with E-state index in [0.29, 0.717) is 6.42 Å². The summed E-state index contributed by atoms with van der Waals surface area (Å²) in [6.07, 6.45) is -5.01. The first kappa shape index (κ1) is 61.4. The number of hydrazine groups is 1. The molecule has 316 valence electrons. The Morgan fingerprint density at radius 2 is 0.692 bits per heavy atom. The minimum absolute atomic E-state index is 0.0556. The zero-order valence-corrected chi connectivity index (χ0v) is 28.7. The highest BCUT2D eigenvalue weighted by molar-refractivity contribution is 6.03. The van der Waals surface area contributed by atoms with E-state index in [2.05, 4.69) is 5.43 Å². The van der Waals surface area contributed by atoms with Gasteiger partial charge >= 0.3 is 0 Å². The first-order valence-corrected chi connectivity index (χ1v) is 15.2. The van der Waals surface area contributed by atoms with Crippen molar-refractivity contribution >= 4 is 23.6 Å². The molecule has 1 heterocycles. The maximum absolute atomic E-state index is 11.3. The van der Waals surface area contributed by atoms with Gasteiger partial charge in [-0.2, -0.15) is 5.01 Å². The average Bonchev–Trinajstić information content (AvgIpc) is 3.48. The molecule has 25 heteroatoms. The second-order valence-corrected chi connectivity index (χ2v) is 9.59. The Morgan fingerprint density at radius 1 is 0.481 bits per heavy atom. The van der Waals surface area contributed by atoms with Gasteiger partial charge in [-0.1, -0.05) is 0 Å². The van der Waals surface area contributed by atoms with Gasteiger partial charge in [0.15, 0.2) is 0 Å². The molecular weight excluding hydrogens is 718 g/mol. The molecule has 0 aliphatic carbocycles. The van der Waals surface area contributed by atoms with E-state index in [1.165, 1.54) is 0 Å². The molecular formula is C27H61N3O22. The molecule has 52 heavy (non-hydrogen) atoms. The number of nitrogens with zero attached hydrogens (tertiary/aromatic N) is 1. The number of primary amides is 1. The van der Waals surface area contributed by atoms with Crippen LogP contribution in [0.3, 0.4) is 0 Å². The fourth-order valence-corrected chi connectivity index (χ4v) is 1.65. The average molecular weight is 780 g/mol. The van der Waals surface area contributed by atoms with Gasteiger partial charge in [-0.3, -0.25) is 24.6 Å². The smallest absolute Gasteiger partial charge is 0.248 e. The van der Waals surface area contributed by atoms with Gasteiger partial charge in [-0.15, -0.1) is 0 Å². The summed E-state index contributed by atoms with van der Waals surface area (Å²) in [6, 6.07) is 0. The van der Waals surface area contributed by atoms with Crippen LogP contribution in [-0.2, 0) is 19.2 Å². The van der Waals surface area contributed by atoms with E-state index in [1.54, 1.807) is 0 Å². The van der Waals surface area contributed by atoms with Crippen LogP contribution in [0.4, 0.5) is 0 Å². The van der Waals surface area contributed by atoms with Gasteiger partial charge in [-0.25, -0.2) is 0 Å². The van der Waals surface area contributed by atoms with Crippen molar-refractivity contribution in [3.63, 3.8) is 0 Å². The van der Waals surface area contributed by atoms with Crippen molar-refractivity contribution < 1.29 is 111 Å². The normalized spacial score (nSPS) is 11.7. The van der Waals surface area contributed by atoms with Crippen molar-refractivity contribution in [1.29, 1.82) is 0 Å². The zero-order chi connectivity index (χ0) is 42.1. The fourth-order valence-electron chi connectivity index (χ4n) is 1.65. The number of aliphatic hydroxyl groups excluding tert-OH is 18. The molecule has 1 saturated heterocycles. The molecule has 1 fully saturated rings. The zero-order valence-electron chi connectivity index (χ0n) is 28.7. The molecule has 0 bridgehead atoms. The number of hydrogen-bond donors (Lipinski definition) is 20. The van der Waals surface area contributed by atoms with Crippen LogP contribution in [0.5, 0.6) is 0 Å². The molecule has 25 nitrogen and oxygen atoms in total. The number of carbonyl (C=O) groups excluding carboxylic acids is 4. The summed E-state index contributed by atoms with van der Waals surface area (Å²) in [5, 5.41) is 145. The Morgan fingerprint density at radius 3 is 0.846 bits per heavy atom. The lowest BCUT2D eigenvalue weighted by Crippen LogP contribution is -2.45. The largest absolute Gasteiger partial charge is 0.394 e. The number of amides is 4. The van der Waals surface area contributed by atoms with E-state index >= 15 is 0 Å². The lowest BCUT2D eigenvalue weighted by Gasteiger charge is -2.14. The Labute approximate surface area is 299 Å². The molecule has 0 aromatic rings. The molecule has 0 unspecified atom stereocenters. The van der Waals surface area contributed by atoms with E-state index < -0.39 is 60.3 Å². The molecule has 0 spiro atoms. The standard InChI is InChI=1S/C9H13N3O4.6C3H8O3/c10-6(13)2-1-3-7(14)11-12-8(15)4-5-9(12)16;6*4-1-3(6)2-5/h1-5H2,(H2,10,13)(H,11,14);6*3-6H,1-2H2.